The molecule has 1 N–H and O–H groups in total. The Hall–Kier alpha value is -1.58. The van der Waals surface area contributed by atoms with Gasteiger partial charge in [0.1, 0.15) is 0 Å². The Balaban J connectivity index is 2.19. The fourth-order valence-electron chi connectivity index (χ4n) is 1.61. The average molecular weight is 236 g/mol. The molecule has 0 saturated heterocycles. The van der Waals surface area contributed by atoms with E-state index in [1.807, 2.05) is 6.07 Å². The van der Waals surface area contributed by atoms with Crippen molar-refractivity contribution in [3.63, 3.8) is 0 Å². The van der Waals surface area contributed by atoms with E-state index in [0.29, 0.717) is 13.0 Å². The lowest BCUT2D eigenvalue weighted by molar-refractivity contribution is -0.605. The minimum absolute atomic E-state index is 0.0578. The lowest BCUT2D eigenvalue weighted by Gasteiger charge is -2.05. The number of hydrogen-bond acceptors (Lipinski definition) is 2. The minimum atomic E-state index is 0.0578. The summed E-state index contributed by atoms with van der Waals surface area (Å²) < 4.78 is 0.739. The number of unbranched alkanes of at least 4 members (excludes halogenated alkanes) is 3. The zero-order chi connectivity index (χ0) is 12.5. The Bertz CT molecular complexity index is 353. The van der Waals surface area contributed by atoms with Gasteiger partial charge in [-0.1, -0.05) is 26.2 Å². The first kappa shape index (κ1) is 13.5. The summed E-state index contributed by atoms with van der Waals surface area (Å²) in [6.45, 7) is 2.57. The van der Waals surface area contributed by atoms with Crippen molar-refractivity contribution in [2.75, 3.05) is 0 Å². The van der Waals surface area contributed by atoms with Gasteiger partial charge in [-0.05, 0) is 12.5 Å². The summed E-state index contributed by atoms with van der Waals surface area (Å²) in [5.74, 6) is 0.0578. The molecule has 1 heterocycles. The lowest BCUT2D eigenvalue weighted by atomic mass is 10.1. The highest BCUT2D eigenvalue weighted by Gasteiger charge is 2.02. The normalized spacial score (nSPS) is 10.2. The first-order valence-electron chi connectivity index (χ1n) is 6.16. The Kier molecular flexibility index (Phi) is 6.07. The molecule has 1 aromatic heterocycles. The van der Waals surface area contributed by atoms with Crippen LogP contribution in [0.25, 0.3) is 0 Å². The molecule has 0 spiro atoms. The molecule has 0 aliphatic heterocycles. The van der Waals surface area contributed by atoms with E-state index in [9.17, 15) is 10.0 Å². The molecule has 4 heteroatoms. The lowest BCUT2D eigenvalue weighted by Crippen LogP contribution is -2.28. The zero-order valence-electron chi connectivity index (χ0n) is 10.3. The van der Waals surface area contributed by atoms with Crippen LogP contribution in [0.5, 0.6) is 0 Å². The molecule has 4 nitrogen and oxygen atoms in total. The van der Waals surface area contributed by atoms with E-state index >= 15 is 0 Å². The SMILES string of the molecule is CCCCCCC(=O)NCc1ccc[n+]([O-])c1. The molecule has 0 fully saturated rings. The second-order valence-electron chi connectivity index (χ2n) is 4.16. The van der Waals surface area contributed by atoms with Gasteiger partial charge >= 0.3 is 0 Å². The molecule has 1 rings (SSSR count). The van der Waals surface area contributed by atoms with E-state index in [1.165, 1.54) is 25.2 Å². The third kappa shape index (κ3) is 5.90. The van der Waals surface area contributed by atoms with Gasteiger partial charge in [0, 0.05) is 24.6 Å². The summed E-state index contributed by atoms with van der Waals surface area (Å²) in [6, 6.07) is 3.50. The van der Waals surface area contributed by atoms with Crippen LogP contribution in [-0.2, 0) is 11.3 Å². The van der Waals surface area contributed by atoms with Gasteiger partial charge in [0.05, 0.1) is 0 Å². The van der Waals surface area contributed by atoms with Gasteiger partial charge in [0.25, 0.3) is 0 Å². The number of aromatic nitrogens is 1. The maximum Gasteiger partial charge on any atom is 0.220 e. The number of rotatable bonds is 7. The van der Waals surface area contributed by atoms with Crippen LogP contribution in [0.4, 0.5) is 0 Å². The number of carbonyl (C=O) groups excluding carboxylic acids is 1. The summed E-state index contributed by atoms with van der Waals surface area (Å²) in [4.78, 5) is 11.5. The van der Waals surface area contributed by atoms with Crippen LogP contribution < -0.4 is 10.0 Å². The number of nitrogens with zero attached hydrogens (tertiary/aromatic N) is 1. The van der Waals surface area contributed by atoms with Gasteiger partial charge in [-0.15, -0.1) is 0 Å². The standard InChI is InChI=1S/C13H20N2O2/c1-2-3-4-5-8-13(16)14-10-12-7-6-9-15(17)11-12/h6-7,9,11H,2-5,8,10H2,1H3,(H,14,16). The quantitative estimate of drug-likeness (QED) is 0.446. The molecular formula is C13H20N2O2. The second kappa shape index (κ2) is 7.65. The Morgan fingerprint density at radius 2 is 2.24 bits per heavy atom. The van der Waals surface area contributed by atoms with Crippen LogP contribution in [0, 0.1) is 5.21 Å². The molecule has 0 unspecified atom stereocenters. The van der Waals surface area contributed by atoms with Crippen molar-refractivity contribution >= 4 is 5.91 Å². The zero-order valence-corrected chi connectivity index (χ0v) is 10.3. The molecule has 0 saturated carbocycles. The first-order valence-corrected chi connectivity index (χ1v) is 6.16. The third-order valence-electron chi connectivity index (χ3n) is 2.58. The van der Waals surface area contributed by atoms with Crippen molar-refractivity contribution in [1.29, 1.82) is 0 Å². The second-order valence-corrected chi connectivity index (χ2v) is 4.16. The summed E-state index contributed by atoms with van der Waals surface area (Å²) >= 11 is 0. The fraction of sp³-hybridized carbons (Fsp3) is 0.538. The number of amides is 1. The molecule has 17 heavy (non-hydrogen) atoms. The van der Waals surface area contributed by atoms with Gasteiger partial charge in [-0.2, -0.15) is 4.73 Å². The number of pyridine rings is 1. The van der Waals surface area contributed by atoms with Crippen LogP contribution in [-0.4, -0.2) is 5.91 Å². The van der Waals surface area contributed by atoms with E-state index < -0.39 is 0 Å². The van der Waals surface area contributed by atoms with E-state index in [-0.39, 0.29) is 5.91 Å². The maximum absolute atomic E-state index is 11.5. The highest BCUT2D eigenvalue weighted by molar-refractivity contribution is 5.75. The monoisotopic (exact) mass is 236 g/mol. The van der Waals surface area contributed by atoms with Crippen molar-refractivity contribution in [1.82, 2.24) is 5.32 Å². The number of carbonyl (C=O) groups is 1. The summed E-state index contributed by atoms with van der Waals surface area (Å²) in [7, 11) is 0. The molecule has 0 aromatic carbocycles. The number of hydrogen-bond donors (Lipinski definition) is 1. The molecule has 0 aliphatic rings. The molecular weight excluding hydrogens is 216 g/mol. The van der Waals surface area contributed by atoms with Gasteiger partial charge in [0.15, 0.2) is 12.4 Å². The summed E-state index contributed by atoms with van der Waals surface area (Å²) in [5.41, 5.74) is 0.824. The van der Waals surface area contributed by atoms with Crippen molar-refractivity contribution in [2.24, 2.45) is 0 Å². The van der Waals surface area contributed by atoms with Gasteiger partial charge < -0.3 is 10.5 Å². The van der Waals surface area contributed by atoms with E-state index in [0.717, 1.165) is 23.1 Å². The van der Waals surface area contributed by atoms with Crippen molar-refractivity contribution in [3.05, 3.63) is 35.3 Å². The minimum Gasteiger partial charge on any atom is -0.619 e. The molecule has 0 aliphatic carbocycles. The predicted octanol–water partition coefficient (Wildman–Crippen LogP) is 1.91. The molecule has 0 atom stereocenters. The van der Waals surface area contributed by atoms with Crippen LogP contribution in [0.3, 0.4) is 0 Å². The Morgan fingerprint density at radius 3 is 2.94 bits per heavy atom. The van der Waals surface area contributed by atoms with Crippen LogP contribution in [0.15, 0.2) is 24.5 Å². The first-order chi connectivity index (χ1) is 8.22. The third-order valence-corrected chi connectivity index (χ3v) is 2.58. The summed E-state index contributed by atoms with van der Waals surface area (Å²) in [5, 5.41) is 13.8. The van der Waals surface area contributed by atoms with E-state index in [1.54, 1.807) is 6.07 Å². The van der Waals surface area contributed by atoms with Gasteiger partial charge in [-0.3, -0.25) is 4.79 Å². The Morgan fingerprint density at radius 1 is 1.41 bits per heavy atom. The molecule has 94 valence electrons. The van der Waals surface area contributed by atoms with Gasteiger partial charge in [0.2, 0.25) is 5.91 Å². The van der Waals surface area contributed by atoms with Crippen molar-refractivity contribution in [2.45, 2.75) is 45.6 Å². The highest BCUT2D eigenvalue weighted by Crippen LogP contribution is 2.02. The smallest absolute Gasteiger partial charge is 0.220 e. The molecule has 1 amide bonds. The fourth-order valence-corrected chi connectivity index (χ4v) is 1.61. The summed E-state index contributed by atoms with van der Waals surface area (Å²) in [6.07, 6.45) is 7.88. The van der Waals surface area contributed by atoms with Crippen LogP contribution >= 0.6 is 0 Å². The maximum atomic E-state index is 11.5. The van der Waals surface area contributed by atoms with Crippen molar-refractivity contribution < 1.29 is 9.52 Å². The molecule has 1 aromatic rings. The van der Waals surface area contributed by atoms with E-state index in [4.69, 9.17) is 0 Å². The van der Waals surface area contributed by atoms with Crippen molar-refractivity contribution in [3.8, 4) is 0 Å². The largest absolute Gasteiger partial charge is 0.619 e. The van der Waals surface area contributed by atoms with Gasteiger partial charge in [-0.25, -0.2) is 0 Å². The predicted molar refractivity (Wildman–Crippen MR) is 66.0 cm³/mol. The topological polar surface area (TPSA) is 56.0 Å². The highest BCUT2D eigenvalue weighted by atomic mass is 16.5. The van der Waals surface area contributed by atoms with E-state index in [2.05, 4.69) is 12.2 Å². The van der Waals surface area contributed by atoms with Crippen LogP contribution in [0.1, 0.15) is 44.6 Å². The van der Waals surface area contributed by atoms with Crippen LogP contribution in [0.2, 0.25) is 0 Å². The number of nitrogens with one attached hydrogen (secondary N) is 1. The molecule has 0 bridgehead atoms. The average Bonchev–Trinajstić information content (AvgIpc) is 2.32. The Labute approximate surface area is 102 Å². The molecule has 0 radical (unpaired) electrons.